The molecule has 1 aliphatic heterocycles. The molecule has 1 amide bonds. The van der Waals surface area contributed by atoms with Crippen LogP contribution < -0.4 is 10.2 Å². The molecule has 0 aliphatic carbocycles. The van der Waals surface area contributed by atoms with E-state index in [-0.39, 0.29) is 18.1 Å². The minimum atomic E-state index is -0.257. The van der Waals surface area contributed by atoms with E-state index >= 15 is 0 Å². The molecule has 2 aromatic heterocycles. The Labute approximate surface area is 163 Å². The highest BCUT2D eigenvalue weighted by atomic mass is 16.5. The molecule has 4 rings (SSSR count). The molecule has 0 spiro atoms. The summed E-state index contributed by atoms with van der Waals surface area (Å²) in [5.41, 5.74) is 2.14. The van der Waals surface area contributed by atoms with Gasteiger partial charge in [-0.2, -0.15) is 0 Å². The number of nitrogens with one attached hydrogen (secondary N) is 1. The van der Waals surface area contributed by atoms with Crippen molar-refractivity contribution in [3.8, 4) is 0 Å². The van der Waals surface area contributed by atoms with Crippen LogP contribution in [-0.4, -0.2) is 46.6 Å². The Morgan fingerprint density at radius 3 is 2.79 bits per heavy atom. The lowest BCUT2D eigenvalue weighted by Gasteiger charge is -2.32. The maximum absolute atomic E-state index is 12.8. The number of pyridine rings is 1. The molecule has 1 aliphatic rings. The summed E-state index contributed by atoms with van der Waals surface area (Å²) in [4.78, 5) is 28.3. The number of hydrogen-bond donors (Lipinski definition) is 1. The van der Waals surface area contributed by atoms with Gasteiger partial charge in [0.15, 0.2) is 0 Å². The fourth-order valence-corrected chi connectivity index (χ4v) is 3.35. The summed E-state index contributed by atoms with van der Waals surface area (Å²) in [6.45, 7) is 5.74. The molecular formula is C21H23N5O2. The predicted octanol–water partition coefficient (Wildman–Crippen LogP) is 2.74. The highest BCUT2D eigenvalue weighted by Crippen LogP contribution is 2.27. The zero-order valence-electron chi connectivity index (χ0n) is 16.0. The van der Waals surface area contributed by atoms with Crippen LogP contribution in [0.15, 0.2) is 48.8 Å². The number of benzene rings is 1. The molecule has 28 heavy (non-hydrogen) atoms. The molecule has 1 N–H and O–H groups in total. The molecule has 3 heterocycles. The largest absolute Gasteiger partial charge is 0.368 e. The first-order chi connectivity index (χ1) is 13.6. The van der Waals surface area contributed by atoms with Gasteiger partial charge in [0.05, 0.1) is 29.9 Å². The van der Waals surface area contributed by atoms with Crippen LogP contribution in [0.1, 0.15) is 36.0 Å². The first kappa shape index (κ1) is 18.3. The number of nitrogens with zero attached hydrogens (tertiary/aromatic N) is 4. The number of carbonyl (C=O) groups excluding carboxylic acids is 1. The number of carbonyl (C=O) groups is 1. The Bertz CT molecular complexity index is 977. The first-order valence-corrected chi connectivity index (χ1v) is 9.46. The number of para-hydroxylation sites is 1. The van der Waals surface area contributed by atoms with Gasteiger partial charge in [-0.3, -0.25) is 4.79 Å². The van der Waals surface area contributed by atoms with E-state index in [1.807, 2.05) is 44.2 Å². The van der Waals surface area contributed by atoms with Crippen LogP contribution >= 0.6 is 0 Å². The van der Waals surface area contributed by atoms with Gasteiger partial charge < -0.3 is 15.0 Å². The molecule has 144 valence electrons. The smallest absolute Gasteiger partial charge is 0.252 e. The van der Waals surface area contributed by atoms with E-state index in [4.69, 9.17) is 9.72 Å². The summed E-state index contributed by atoms with van der Waals surface area (Å²) >= 11 is 0. The second kappa shape index (κ2) is 7.90. The SMILES string of the molecule is CC(C)NC(=O)c1cc([C@H]2CN(c3ncccn3)CCO2)nc2ccccc12. The molecule has 1 fully saturated rings. The van der Waals surface area contributed by atoms with Gasteiger partial charge in [-0.15, -0.1) is 0 Å². The fraction of sp³-hybridized carbons (Fsp3) is 0.333. The standard InChI is InChI=1S/C21H23N5O2/c1-14(2)24-20(27)16-12-18(25-17-7-4-3-6-15(16)17)19-13-26(10-11-28-19)21-22-8-5-9-23-21/h3-9,12,14,19H,10-11,13H2,1-2H3,(H,24,27)/t19-/m1/s1. The number of fused-ring (bicyclic) bond motifs is 1. The van der Waals surface area contributed by atoms with Crippen molar-refractivity contribution in [3.05, 3.63) is 60.0 Å². The molecule has 1 atom stereocenters. The van der Waals surface area contributed by atoms with Crippen molar-refractivity contribution in [2.45, 2.75) is 26.0 Å². The summed E-state index contributed by atoms with van der Waals surface area (Å²) in [5, 5.41) is 3.81. The number of anilines is 1. The van der Waals surface area contributed by atoms with Gasteiger partial charge in [0.1, 0.15) is 6.10 Å². The maximum Gasteiger partial charge on any atom is 0.252 e. The third kappa shape index (κ3) is 3.80. The first-order valence-electron chi connectivity index (χ1n) is 9.46. The molecule has 0 bridgehead atoms. The topological polar surface area (TPSA) is 80.2 Å². The van der Waals surface area contributed by atoms with Crippen molar-refractivity contribution in [2.75, 3.05) is 24.6 Å². The average Bonchev–Trinajstić information content (AvgIpc) is 2.73. The zero-order chi connectivity index (χ0) is 19.5. The Morgan fingerprint density at radius 1 is 1.21 bits per heavy atom. The van der Waals surface area contributed by atoms with E-state index in [9.17, 15) is 4.79 Å². The van der Waals surface area contributed by atoms with Crippen LogP contribution in [0.5, 0.6) is 0 Å². The van der Waals surface area contributed by atoms with E-state index in [1.165, 1.54) is 0 Å². The number of ether oxygens (including phenoxy) is 1. The van der Waals surface area contributed by atoms with Crippen LogP contribution in [0.3, 0.4) is 0 Å². The van der Waals surface area contributed by atoms with Crippen LogP contribution in [0.25, 0.3) is 10.9 Å². The van der Waals surface area contributed by atoms with E-state index in [2.05, 4.69) is 20.2 Å². The lowest BCUT2D eigenvalue weighted by molar-refractivity contribution is 0.0366. The van der Waals surface area contributed by atoms with E-state index in [0.29, 0.717) is 24.7 Å². The van der Waals surface area contributed by atoms with Crippen molar-refractivity contribution >= 4 is 22.8 Å². The van der Waals surface area contributed by atoms with Crippen molar-refractivity contribution in [1.29, 1.82) is 0 Å². The number of morpholine rings is 1. The van der Waals surface area contributed by atoms with Crippen molar-refractivity contribution in [3.63, 3.8) is 0 Å². The quantitative estimate of drug-likeness (QED) is 0.753. The molecule has 0 unspecified atom stereocenters. The van der Waals surface area contributed by atoms with Gasteiger partial charge in [0.2, 0.25) is 5.95 Å². The molecule has 0 saturated carbocycles. The maximum atomic E-state index is 12.8. The minimum Gasteiger partial charge on any atom is -0.368 e. The molecule has 0 radical (unpaired) electrons. The second-order valence-electron chi connectivity index (χ2n) is 7.09. The molecule has 7 heteroatoms. The Morgan fingerprint density at radius 2 is 2.00 bits per heavy atom. The second-order valence-corrected chi connectivity index (χ2v) is 7.09. The third-order valence-corrected chi connectivity index (χ3v) is 4.63. The summed E-state index contributed by atoms with van der Waals surface area (Å²) in [7, 11) is 0. The summed E-state index contributed by atoms with van der Waals surface area (Å²) in [5.74, 6) is 0.572. The minimum absolute atomic E-state index is 0.0551. The summed E-state index contributed by atoms with van der Waals surface area (Å²) in [6, 6.07) is 11.4. The van der Waals surface area contributed by atoms with Crippen LogP contribution in [0.4, 0.5) is 5.95 Å². The van der Waals surface area contributed by atoms with Crippen molar-refractivity contribution in [2.24, 2.45) is 0 Å². The van der Waals surface area contributed by atoms with Gasteiger partial charge in [-0.25, -0.2) is 15.0 Å². The van der Waals surface area contributed by atoms with Gasteiger partial charge in [0, 0.05) is 30.4 Å². The normalized spacial score (nSPS) is 17.1. The van der Waals surface area contributed by atoms with Gasteiger partial charge in [-0.05, 0) is 32.0 Å². The Kier molecular flexibility index (Phi) is 5.16. The highest BCUT2D eigenvalue weighted by Gasteiger charge is 2.26. The lowest BCUT2D eigenvalue weighted by Crippen LogP contribution is -2.39. The van der Waals surface area contributed by atoms with Crippen LogP contribution in [0, 0.1) is 0 Å². The predicted molar refractivity (Wildman–Crippen MR) is 107 cm³/mol. The Hall–Kier alpha value is -3.06. The van der Waals surface area contributed by atoms with Crippen LogP contribution in [0.2, 0.25) is 0 Å². The number of aromatic nitrogens is 3. The molecule has 1 aromatic carbocycles. The summed E-state index contributed by atoms with van der Waals surface area (Å²) in [6.07, 6.45) is 3.21. The number of rotatable bonds is 4. The summed E-state index contributed by atoms with van der Waals surface area (Å²) < 4.78 is 5.99. The molecule has 3 aromatic rings. The number of amides is 1. The highest BCUT2D eigenvalue weighted by molar-refractivity contribution is 6.06. The van der Waals surface area contributed by atoms with E-state index in [0.717, 1.165) is 23.1 Å². The van der Waals surface area contributed by atoms with E-state index < -0.39 is 0 Å². The van der Waals surface area contributed by atoms with Gasteiger partial charge in [0.25, 0.3) is 5.91 Å². The van der Waals surface area contributed by atoms with Gasteiger partial charge in [-0.1, -0.05) is 18.2 Å². The third-order valence-electron chi connectivity index (χ3n) is 4.63. The molecule has 7 nitrogen and oxygen atoms in total. The lowest BCUT2D eigenvalue weighted by atomic mass is 10.0. The fourth-order valence-electron chi connectivity index (χ4n) is 3.35. The van der Waals surface area contributed by atoms with Gasteiger partial charge >= 0.3 is 0 Å². The van der Waals surface area contributed by atoms with E-state index in [1.54, 1.807) is 18.5 Å². The monoisotopic (exact) mass is 377 g/mol. The number of hydrogen-bond acceptors (Lipinski definition) is 6. The molecular weight excluding hydrogens is 354 g/mol. The molecule has 1 saturated heterocycles. The van der Waals surface area contributed by atoms with Crippen molar-refractivity contribution < 1.29 is 9.53 Å². The van der Waals surface area contributed by atoms with Crippen LogP contribution in [-0.2, 0) is 4.74 Å². The average molecular weight is 377 g/mol. The van der Waals surface area contributed by atoms with Crippen molar-refractivity contribution in [1.82, 2.24) is 20.3 Å². The Balaban J connectivity index is 1.69. The zero-order valence-corrected chi connectivity index (χ0v) is 16.0.